The van der Waals surface area contributed by atoms with Gasteiger partial charge in [-0.25, -0.2) is 0 Å². The van der Waals surface area contributed by atoms with Gasteiger partial charge in [-0.05, 0) is 19.1 Å². The van der Waals surface area contributed by atoms with Crippen molar-refractivity contribution in [3.05, 3.63) is 24.3 Å². The minimum atomic E-state index is -0.161. The molecule has 7 nitrogen and oxygen atoms in total. The average Bonchev–Trinajstić information content (AvgIpc) is 2.75. The van der Waals surface area contributed by atoms with E-state index >= 15 is 0 Å². The first-order chi connectivity index (χ1) is 12.1. The van der Waals surface area contributed by atoms with Crippen LogP contribution in [0.25, 0.3) is 0 Å². The summed E-state index contributed by atoms with van der Waals surface area (Å²) in [6.07, 6.45) is 0.269. The molecule has 2 amide bonds. The molecular weight excluding hydrogens is 322 g/mol. The molecule has 0 saturated carbocycles. The van der Waals surface area contributed by atoms with E-state index in [2.05, 4.69) is 10.2 Å². The topological polar surface area (TPSA) is 71.1 Å². The summed E-state index contributed by atoms with van der Waals surface area (Å²) < 4.78 is 10.9. The fourth-order valence-electron chi connectivity index (χ4n) is 3.17. The van der Waals surface area contributed by atoms with E-state index in [0.29, 0.717) is 18.0 Å². The molecule has 1 fully saturated rings. The second-order valence-corrected chi connectivity index (χ2v) is 6.43. The van der Waals surface area contributed by atoms with E-state index < -0.39 is 0 Å². The lowest BCUT2D eigenvalue weighted by atomic mass is 10.2. The molecule has 1 unspecified atom stereocenters. The summed E-state index contributed by atoms with van der Waals surface area (Å²) in [5.74, 6) is 0.384. The number of para-hydroxylation sites is 2. The van der Waals surface area contributed by atoms with Gasteiger partial charge in [0.1, 0.15) is 12.3 Å². The minimum Gasteiger partial charge on any atom is -0.491 e. The number of ether oxygens (including phenoxy) is 2. The van der Waals surface area contributed by atoms with Crippen molar-refractivity contribution in [2.24, 2.45) is 0 Å². The number of fused-ring (bicyclic) bond motifs is 1. The maximum Gasteiger partial charge on any atom is 0.240 e. The van der Waals surface area contributed by atoms with Crippen molar-refractivity contribution in [3.8, 4) is 5.75 Å². The first kappa shape index (κ1) is 17.7. The molecule has 1 aromatic rings. The third kappa shape index (κ3) is 4.70. The minimum absolute atomic E-state index is 0.00660. The second-order valence-electron chi connectivity index (χ2n) is 6.43. The molecule has 2 aliphatic rings. The number of hydrogen-bond donors (Lipinski definition) is 1. The van der Waals surface area contributed by atoms with Gasteiger partial charge in [-0.1, -0.05) is 12.1 Å². The highest BCUT2D eigenvalue weighted by atomic mass is 16.5. The van der Waals surface area contributed by atoms with Crippen LogP contribution in [-0.2, 0) is 14.3 Å². The lowest BCUT2D eigenvalue weighted by Crippen LogP contribution is -2.49. The summed E-state index contributed by atoms with van der Waals surface area (Å²) in [7, 11) is 0. The number of carbonyl (C=O) groups is 2. The van der Waals surface area contributed by atoms with E-state index in [9.17, 15) is 9.59 Å². The Hall–Kier alpha value is -2.12. The predicted octanol–water partition coefficient (Wildman–Crippen LogP) is 0.639. The van der Waals surface area contributed by atoms with Crippen molar-refractivity contribution in [1.82, 2.24) is 10.2 Å². The van der Waals surface area contributed by atoms with E-state index in [1.165, 1.54) is 4.90 Å². The zero-order valence-corrected chi connectivity index (χ0v) is 14.6. The Morgan fingerprint density at radius 2 is 2.00 bits per heavy atom. The zero-order chi connectivity index (χ0) is 17.6. The molecule has 0 bridgehead atoms. The van der Waals surface area contributed by atoms with Gasteiger partial charge in [0.2, 0.25) is 11.8 Å². The molecule has 0 radical (unpaired) electrons. The zero-order valence-electron chi connectivity index (χ0n) is 14.6. The van der Waals surface area contributed by atoms with Crippen molar-refractivity contribution < 1.29 is 19.1 Å². The van der Waals surface area contributed by atoms with Crippen molar-refractivity contribution in [3.63, 3.8) is 0 Å². The van der Waals surface area contributed by atoms with Gasteiger partial charge in [-0.2, -0.15) is 0 Å². The average molecular weight is 347 g/mol. The van der Waals surface area contributed by atoms with E-state index in [0.717, 1.165) is 32.8 Å². The van der Waals surface area contributed by atoms with Crippen molar-refractivity contribution in [2.75, 3.05) is 50.9 Å². The van der Waals surface area contributed by atoms with Crippen molar-refractivity contribution in [1.29, 1.82) is 0 Å². The standard InChI is InChI=1S/C18H25N3O4/c1-14(12-20-7-10-24-11-8-20)19-17(22)13-21-15-4-2-3-5-16(15)25-9-6-18(21)23/h2-5,14H,6-13H2,1H3,(H,19,22). The first-order valence-electron chi connectivity index (χ1n) is 8.75. The fraction of sp³-hybridized carbons (Fsp3) is 0.556. The third-order valence-corrected chi connectivity index (χ3v) is 4.38. The summed E-state index contributed by atoms with van der Waals surface area (Å²) in [4.78, 5) is 28.6. The molecule has 1 aromatic carbocycles. The highest BCUT2D eigenvalue weighted by Crippen LogP contribution is 2.30. The summed E-state index contributed by atoms with van der Waals surface area (Å²) >= 11 is 0. The van der Waals surface area contributed by atoms with Crippen LogP contribution in [0.5, 0.6) is 5.75 Å². The molecule has 0 spiro atoms. The molecule has 2 aliphatic heterocycles. The number of nitrogens with one attached hydrogen (secondary N) is 1. The Labute approximate surface area is 147 Å². The number of anilines is 1. The lowest BCUT2D eigenvalue weighted by Gasteiger charge is -2.29. The monoisotopic (exact) mass is 347 g/mol. The lowest BCUT2D eigenvalue weighted by molar-refractivity contribution is -0.124. The largest absolute Gasteiger partial charge is 0.491 e. The van der Waals surface area contributed by atoms with Crippen LogP contribution in [-0.4, -0.2) is 68.8 Å². The molecule has 0 aliphatic carbocycles. The first-order valence-corrected chi connectivity index (χ1v) is 8.75. The summed E-state index contributed by atoms with van der Waals surface area (Å²) in [5, 5.41) is 2.99. The van der Waals surface area contributed by atoms with E-state index in [1.807, 2.05) is 31.2 Å². The van der Waals surface area contributed by atoms with Gasteiger partial charge in [0, 0.05) is 25.7 Å². The van der Waals surface area contributed by atoms with E-state index in [1.54, 1.807) is 0 Å². The summed E-state index contributed by atoms with van der Waals surface area (Å²) in [6.45, 7) is 6.34. The van der Waals surface area contributed by atoms with Crippen LogP contribution in [0.4, 0.5) is 5.69 Å². The van der Waals surface area contributed by atoms with Crippen LogP contribution >= 0.6 is 0 Å². The number of nitrogens with zero attached hydrogens (tertiary/aromatic N) is 2. The van der Waals surface area contributed by atoms with Gasteiger partial charge in [-0.15, -0.1) is 0 Å². The summed E-state index contributed by atoms with van der Waals surface area (Å²) in [5.41, 5.74) is 0.654. The maximum atomic E-state index is 12.4. The van der Waals surface area contributed by atoms with E-state index in [4.69, 9.17) is 9.47 Å². The van der Waals surface area contributed by atoms with Gasteiger partial charge < -0.3 is 14.8 Å². The molecule has 2 heterocycles. The molecule has 1 atom stereocenters. The Morgan fingerprint density at radius 3 is 2.80 bits per heavy atom. The van der Waals surface area contributed by atoms with Gasteiger partial charge in [0.05, 0.1) is 31.9 Å². The van der Waals surface area contributed by atoms with Crippen LogP contribution in [0.1, 0.15) is 13.3 Å². The molecule has 1 N–H and O–H groups in total. The smallest absolute Gasteiger partial charge is 0.240 e. The van der Waals surface area contributed by atoms with Gasteiger partial charge in [0.15, 0.2) is 0 Å². The van der Waals surface area contributed by atoms with Crippen LogP contribution in [0.3, 0.4) is 0 Å². The maximum absolute atomic E-state index is 12.4. The SMILES string of the molecule is CC(CN1CCOCC1)NC(=O)CN1C(=O)CCOc2ccccc21. The number of amides is 2. The van der Waals surface area contributed by atoms with Gasteiger partial charge in [0.25, 0.3) is 0 Å². The number of benzene rings is 1. The van der Waals surface area contributed by atoms with Gasteiger partial charge in [-0.3, -0.25) is 19.4 Å². The number of morpholine rings is 1. The van der Waals surface area contributed by atoms with Crippen molar-refractivity contribution >= 4 is 17.5 Å². The molecule has 7 heteroatoms. The van der Waals surface area contributed by atoms with Crippen LogP contribution in [0, 0.1) is 0 Å². The Balaban J connectivity index is 1.58. The number of hydrogen-bond acceptors (Lipinski definition) is 5. The fourth-order valence-corrected chi connectivity index (χ4v) is 3.17. The van der Waals surface area contributed by atoms with E-state index in [-0.39, 0.29) is 30.8 Å². The number of carbonyl (C=O) groups excluding carboxylic acids is 2. The predicted molar refractivity (Wildman–Crippen MR) is 93.8 cm³/mol. The molecule has 0 aromatic heterocycles. The van der Waals surface area contributed by atoms with Gasteiger partial charge >= 0.3 is 0 Å². The Morgan fingerprint density at radius 1 is 1.24 bits per heavy atom. The van der Waals surface area contributed by atoms with Crippen LogP contribution in [0.15, 0.2) is 24.3 Å². The third-order valence-electron chi connectivity index (χ3n) is 4.38. The molecular formula is C18H25N3O4. The molecule has 1 saturated heterocycles. The quantitative estimate of drug-likeness (QED) is 0.846. The highest BCUT2D eigenvalue weighted by molar-refractivity contribution is 6.00. The molecule has 25 heavy (non-hydrogen) atoms. The van der Waals surface area contributed by atoms with Crippen LogP contribution < -0.4 is 15.0 Å². The second kappa shape index (κ2) is 8.31. The Bertz CT molecular complexity index is 616. The van der Waals surface area contributed by atoms with Crippen molar-refractivity contribution in [2.45, 2.75) is 19.4 Å². The highest BCUT2D eigenvalue weighted by Gasteiger charge is 2.25. The molecule has 3 rings (SSSR count). The number of rotatable bonds is 5. The summed E-state index contributed by atoms with van der Waals surface area (Å²) in [6, 6.07) is 7.34. The molecule has 136 valence electrons. The normalized spacial score (nSPS) is 19.6. The van der Waals surface area contributed by atoms with Crippen LogP contribution in [0.2, 0.25) is 0 Å². The Kier molecular flexibility index (Phi) is 5.88.